The quantitative estimate of drug-likeness (QED) is 0.817. The number of nitrogens with one attached hydrogen (secondary N) is 1. The van der Waals surface area contributed by atoms with E-state index in [1.807, 2.05) is 0 Å². The van der Waals surface area contributed by atoms with Crippen molar-refractivity contribution in [3.63, 3.8) is 0 Å². The molecule has 100 valence electrons. The number of piperidine rings is 1. The second kappa shape index (κ2) is 6.81. The minimum atomic E-state index is -0.551. The predicted octanol–water partition coefficient (Wildman–Crippen LogP) is 2.87. The summed E-state index contributed by atoms with van der Waals surface area (Å²) in [6.45, 7) is 3.08. The highest BCUT2D eigenvalue weighted by Crippen LogP contribution is 2.14. The molecule has 0 saturated carbocycles. The Morgan fingerprint density at radius 2 is 2.00 bits per heavy atom. The molecular weight excluding hydrogens is 236 g/mol. The van der Waals surface area contributed by atoms with Gasteiger partial charge in [-0.1, -0.05) is 0 Å². The zero-order valence-corrected chi connectivity index (χ0v) is 10.4. The van der Waals surface area contributed by atoms with E-state index in [4.69, 9.17) is 4.74 Å². The van der Waals surface area contributed by atoms with Gasteiger partial charge in [0.1, 0.15) is 11.6 Å². The number of rotatable bonds is 5. The smallest absolute Gasteiger partial charge is 0.126 e. The zero-order chi connectivity index (χ0) is 12.8. The Morgan fingerprint density at radius 1 is 1.22 bits per heavy atom. The summed E-state index contributed by atoms with van der Waals surface area (Å²) in [6, 6.07) is 3.49. The molecule has 1 aromatic carbocycles. The van der Waals surface area contributed by atoms with Crippen LogP contribution < -0.4 is 5.32 Å². The van der Waals surface area contributed by atoms with Crippen LogP contribution in [0.5, 0.6) is 0 Å². The Morgan fingerprint density at radius 3 is 2.67 bits per heavy atom. The minimum Gasteiger partial charge on any atom is -0.377 e. The number of hydrogen-bond acceptors (Lipinski definition) is 2. The van der Waals surface area contributed by atoms with Crippen LogP contribution in [0.25, 0.3) is 0 Å². The largest absolute Gasteiger partial charge is 0.377 e. The van der Waals surface area contributed by atoms with Gasteiger partial charge in [0.25, 0.3) is 0 Å². The molecular formula is C14H19F2NO. The fraction of sp³-hybridized carbons (Fsp3) is 0.571. The second-order valence-electron chi connectivity index (χ2n) is 4.83. The lowest BCUT2D eigenvalue weighted by Crippen LogP contribution is -2.30. The van der Waals surface area contributed by atoms with Crippen LogP contribution in [-0.4, -0.2) is 19.7 Å². The molecule has 0 radical (unpaired) electrons. The summed E-state index contributed by atoms with van der Waals surface area (Å²) in [6.07, 6.45) is 3.47. The maximum atomic E-state index is 12.9. The van der Waals surface area contributed by atoms with Crippen molar-refractivity contribution in [1.29, 1.82) is 0 Å². The maximum absolute atomic E-state index is 12.9. The summed E-state index contributed by atoms with van der Waals surface area (Å²) in [5, 5.41) is 3.35. The summed E-state index contributed by atoms with van der Waals surface area (Å²) < 4.78 is 31.3. The molecule has 4 heteroatoms. The van der Waals surface area contributed by atoms with Crippen molar-refractivity contribution < 1.29 is 13.5 Å². The zero-order valence-electron chi connectivity index (χ0n) is 10.4. The molecule has 0 aromatic heterocycles. The normalized spacial score (nSPS) is 20.0. The molecule has 1 unspecified atom stereocenters. The highest BCUT2D eigenvalue weighted by atomic mass is 19.1. The van der Waals surface area contributed by atoms with Gasteiger partial charge < -0.3 is 10.1 Å². The van der Waals surface area contributed by atoms with Crippen molar-refractivity contribution in [3.05, 3.63) is 35.4 Å². The van der Waals surface area contributed by atoms with E-state index in [-0.39, 0.29) is 6.61 Å². The van der Waals surface area contributed by atoms with Gasteiger partial charge in [-0.05, 0) is 56.0 Å². The highest BCUT2D eigenvalue weighted by Gasteiger charge is 2.12. The van der Waals surface area contributed by atoms with E-state index in [0.29, 0.717) is 18.1 Å². The Hall–Kier alpha value is -1.00. The summed E-state index contributed by atoms with van der Waals surface area (Å²) in [4.78, 5) is 0. The number of benzene rings is 1. The topological polar surface area (TPSA) is 21.3 Å². The molecule has 1 N–H and O–H groups in total. The lowest BCUT2D eigenvalue weighted by Gasteiger charge is -2.22. The van der Waals surface area contributed by atoms with E-state index >= 15 is 0 Å². The summed E-state index contributed by atoms with van der Waals surface area (Å²) in [7, 11) is 0. The van der Waals surface area contributed by atoms with Gasteiger partial charge in [-0.3, -0.25) is 0 Å². The van der Waals surface area contributed by atoms with Crippen molar-refractivity contribution >= 4 is 0 Å². The molecule has 0 spiro atoms. The van der Waals surface area contributed by atoms with Crippen LogP contribution in [0.2, 0.25) is 0 Å². The first kappa shape index (κ1) is 13.4. The third-order valence-electron chi connectivity index (χ3n) is 3.26. The summed E-state index contributed by atoms with van der Waals surface area (Å²) in [5.41, 5.74) is 0.550. The second-order valence-corrected chi connectivity index (χ2v) is 4.83. The standard InChI is InChI=1S/C14H19F2NO/c15-13-6-12(7-14(16)8-13)10-18-5-3-11-2-1-4-17-9-11/h6-8,11,17H,1-5,9-10H2. The molecule has 1 aliphatic heterocycles. The Labute approximate surface area is 106 Å². The van der Waals surface area contributed by atoms with E-state index in [1.54, 1.807) is 0 Å². The van der Waals surface area contributed by atoms with Gasteiger partial charge in [0.05, 0.1) is 6.61 Å². The van der Waals surface area contributed by atoms with Gasteiger partial charge in [-0.25, -0.2) is 8.78 Å². The van der Waals surface area contributed by atoms with Crippen LogP contribution >= 0.6 is 0 Å². The highest BCUT2D eigenvalue weighted by molar-refractivity contribution is 5.16. The Kier molecular flexibility index (Phi) is 5.08. The van der Waals surface area contributed by atoms with Crippen LogP contribution in [0.1, 0.15) is 24.8 Å². The first-order valence-electron chi connectivity index (χ1n) is 6.47. The third kappa shape index (κ3) is 4.35. The molecule has 1 fully saturated rings. The molecule has 1 aliphatic rings. The lowest BCUT2D eigenvalue weighted by molar-refractivity contribution is 0.103. The molecule has 0 aliphatic carbocycles. The minimum absolute atomic E-state index is 0.273. The molecule has 0 amide bonds. The van der Waals surface area contributed by atoms with Gasteiger partial charge in [-0.15, -0.1) is 0 Å². The fourth-order valence-electron chi connectivity index (χ4n) is 2.30. The van der Waals surface area contributed by atoms with Gasteiger partial charge in [0.2, 0.25) is 0 Å². The van der Waals surface area contributed by atoms with Crippen LogP contribution in [0, 0.1) is 17.6 Å². The molecule has 0 bridgehead atoms. The average molecular weight is 255 g/mol. The van der Waals surface area contributed by atoms with E-state index in [0.717, 1.165) is 25.6 Å². The molecule has 2 rings (SSSR count). The molecule has 1 atom stereocenters. The first-order chi connectivity index (χ1) is 8.74. The molecule has 1 saturated heterocycles. The predicted molar refractivity (Wildman–Crippen MR) is 66.2 cm³/mol. The van der Waals surface area contributed by atoms with Crippen molar-refractivity contribution in [3.8, 4) is 0 Å². The van der Waals surface area contributed by atoms with Crippen molar-refractivity contribution in [2.24, 2.45) is 5.92 Å². The van der Waals surface area contributed by atoms with Gasteiger partial charge >= 0.3 is 0 Å². The molecule has 2 nitrogen and oxygen atoms in total. The van der Waals surface area contributed by atoms with Crippen molar-refractivity contribution in [2.75, 3.05) is 19.7 Å². The maximum Gasteiger partial charge on any atom is 0.126 e. The van der Waals surface area contributed by atoms with Crippen LogP contribution in [-0.2, 0) is 11.3 Å². The van der Waals surface area contributed by atoms with Crippen molar-refractivity contribution in [2.45, 2.75) is 25.9 Å². The van der Waals surface area contributed by atoms with E-state index in [2.05, 4.69) is 5.32 Å². The van der Waals surface area contributed by atoms with Crippen LogP contribution in [0.3, 0.4) is 0 Å². The third-order valence-corrected chi connectivity index (χ3v) is 3.26. The number of hydrogen-bond donors (Lipinski definition) is 1. The lowest BCUT2D eigenvalue weighted by atomic mass is 9.97. The number of halogens is 2. The Balaban J connectivity index is 1.68. The molecule has 1 aromatic rings. The van der Waals surface area contributed by atoms with Crippen molar-refractivity contribution in [1.82, 2.24) is 5.32 Å². The van der Waals surface area contributed by atoms with E-state index in [1.165, 1.54) is 25.0 Å². The molecule has 18 heavy (non-hydrogen) atoms. The van der Waals surface area contributed by atoms with Gasteiger partial charge in [0, 0.05) is 12.7 Å². The average Bonchev–Trinajstić information content (AvgIpc) is 2.35. The van der Waals surface area contributed by atoms with E-state index in [9.17, 15) is 8.78 Å². The monoisotopic (exact) mass is 255 g/mol. The number of ether oxygens (including phenoxy) is 1. The van der Waals surface area contributed by atoms with Gasteiger partial charge in [0.15, 0.2) is 0 Å². The SMILES string of the molecule is Fc1cc(F)cc(COCCC2CCCNC2)c1. The van der Waals surface area contributed by atoms with Gasteiger partial charge in [-0.2, -0.15) is 0 Å². The molecule has 1 heterocycles. The first-order valence-corrected chi connectivity index (χ1v) is 6.47. The van der Waals surface area contributed by atoms with Crippen LogP contribution in [0.4, 0.5) is 8.78 Å². The summed E-state index contributed by atoms with van der Waals surface area (Å²) in [5.74, 6) is -0.432. The van der Waals surface area contributed by atoms with Crippen LogP contribution in [0.15, 0.2) is 18.2 Å². The Bertz CT molecular complexity index is 358. The summed E-state index contributed by atoms with van der Waals surface area (Å²) >= 11 is 0. The fourth-order valence-corrected chi connectivity index (χ4v) is 2.30. The van der Waals surface area contributed by atoms with E-state index < -0.39 is 11.6 Å².